The van der Waals surface area contributed by atoms with E-state index < -0.39 is 0 Å². The largest absolute Gasteiger partial charge is 0.462 e. The van der Waals surface area contributed by atoms with E-state index in [1.54, 1.807) is 13.0 Å². The van der Waals surface area contributed by atoms with Gasteiger partial charge in [0.1, 0.15) is 5.82 Å². The van der Waals surface area contributed by atoms with Gasteiger partial charge in [-0.15, -0.1) is 10.2 Å². The van der Waals surface area contributed by atoms with Crippen LogP contribution in [0.5, 0.6) is 0 Å². The molecule has 3 aromatic rings. The minimum Gasteiger partial charge on any atom is -0.462 e. The van der Waals surface area contributed by atoms with Crippen LogP contribution in [0.4, 0.5) is 5.82 Å². The second-order valence-electron chi connectivity index (χ2n) is 8.20. The average Bonchev–Trinajstić information content (AvgIpc) is 3.30. The number of benzene rings is 1. The normalized spacial score (nSPS) is 13.7. The number of nitrogens with zero attached hydrogens (tertiary/aromatic N) is 6. The smallest absolute Gasteiger partial charge is 0.339 e. The third-order valence-corrected chi connectivity index (χ3v) is 6.80. The van der Waals surface area contributed by atoms with Crippen LogP contribution in [-0.4, -0.2) is 75.1 Å². The number of ether oxygens (including phenoxy) is 1. The van der Waals surface area contributed by atoms with Crippen molar-refractivity contribution in [2.24, 2.45) is 0 Å². The van der Waals surface area contributed by atoms with Gasteiger partial charge < -0.3 is 19.1 Å². The molecule has 1 aliphatic heterocycles. The first kappa shape index (κ1) is 24.7. The summed E-state index contributed by atoms with van der Waals surface area (Å²) in [4.78, 5) is 33.1. The van der Waals surface area contributed by atoms with Crippen molar-refractivity contribution in [3.63, 3.8) is 0 Å². The van der Waals surface area contributed by atoms with Gasteiger partial charge in [-0.3, -0.25) is 4.79 Å². The summed E-state index contributed by atoms with van der Waals surface area (Å²) in [5.74, 6) is 1.64. The van der Waals surface area contributed by atoms with Crippen LogP contribution >= 0.6 is 11.8 Å². The van der Waals surface area contributed by atoms with Crippen LogP contribution < -0.4 is 4.90 Å². The first-order valence-corrected chi connectivity index (χ1v) is 12.8. The lowest BCUT2D eigenvalue weighted by Crippen LogP contribution is -2.49. The van der Waals surface area contributed by atoms with Gasteiger partial charge in [0.15, 0.2) is 11.0 Å². The number of thioether (sulfide) groups is 1. The predicted octanol–water partition coefficient (Wildman–Crippen LogP) is 3.29. The quantitative estimate of drug-likeness (QED) is 0.348. The van der Waals surface area contributed by atoms with Crippen molar-refractivity contribution in [1.82, 2.24) is 24.6 Å². The van der Waals surface area contributed by atoms with Gasteiger partial charge in [0.2, 0.25) is 5.91 Å². The number of carbonyl (C=O) groups is 2. The molecule has 0 saturated carbocycles. The standard InChI is InChI=1S/C25H30N6O3S/c1-4-31-23(19-8-6-7-18(3)15-19)27-28-25(31)35-17-22(32)30-13-11-29(12-14-30)21-10-9-20(16-26-21)24(33)34-5-2/h6-10,15-16H,4-5,11-14,17H2,1-3H3. The minimum absolute atomic E-state index is 0.0861. The Morgan fingerprint density at radius 2 is 1.86 bits per heavy atom. The van der Waals surface area contributed by atoms with Crippen molar-refractivity contribution in [2.45, 2.75) is 32.5 Å². The molecule has 3 heterocycles. The van der Waals surface area contributed by atoms with Gasteiger partial charge in [0, 0.05) is 44.5 Å². The zero-order valence-electron chi connectivity index (χ0n) is 20.3. The zero-order valence-corrected chi connectivity index (χ0v) is 21.1. The fourth-order valence-electron chi connectivity index (χ4n) is 3.99. The second-order valence-corrected chi connectivity index (χ2v) is 9.14. The molecule has 184 valence electrons. The van der Waals surface area contributed by atoms with Gasteiger partial charge in [-0.2, -0.15) is 0 Å². The highest BCUT2D eigenvalue weighted by atomic mass is 32.2. The van der Waals surface area contributed by atoms with Crippen LogP contribution in [0.25, 0.3) is 11.4 Å². The van der Waals surface area contributed by atoms with Crippen LogP contribution in [0.1, 0.15) is 29.8 Å². The maximum absolute atomic E-state index is 12.9. The number of hydrogen-bond acceptors (Lipinski definition) is 8. The molecule has 10 heteroatoms. The van der Waals surface area contributed by atoms with Crippen molar-refractivity contribution in [2.75, 3.05) is 43.4 Å². The molecule has 0 atom stereocenters. The molecule has 1 aliphatic rings. The number of anilines is 1. The van der Waals surface area contributed by atoms with E-state index in [1.165, 1.54) is 23.5 Å². The number of amides is 1. The van der Waals surface area contributed by atoms with Crippen LogP contribution in [0, 0.1) is 6.92 Å². The highest BCUT2D eigenvalue weighted by Gasteiger charge is 2.23. The number of esters is 1. The number of pyridine rings is 1. The number of rotatable bonds is 8. The fourth-order valence-corrected chi connectivity index (χ4v) is 4.89. The first-order chi connectivity index (χ1) is 17.0. The molecule has 0 N–H and O–H groups in total. The maximum atomic E-state index is 12.9. The molecule has 0 radical (unpaired) electrons. The van der Waals surface area contributed by atoms with Gasteiger partial charge in [-0.05, 0) is 39.0 Å². The first-order valence-electron chi connectivity index (χ1n) is 11.8. The summed E-state index contributed by atoms with van der Waals surface area (Å²) in [5.41, 5.74) is 2.63. The SMILES string of the molecule is CCOC(=O)c1ccc(N2CCN(C(=O)CSc3nnc(-c4cccc(C)c4)n3CC)CC2)nc1. The Morgan fingerprint density at radius 3 is 2.51 bits per heavy atom. The summed E-state index contributed by atoms with van der Waals surface area (Å²) in [6.07, 6.45) is 1.54. The molecule has 2 aromatic heterocycles. The van der Waals surface area contributed by atoms with Crippen molar-refractivity contribution < 1.29 is 14.3 Å². The molecule has 0 spiro atoms. The van der Waals surface area contributed by atoms with E-state index in [-0.39, 0.29) is 11.9 Å². The summed E-state index contributed by atoms with van der Waals surface area (Å²) >= 11 is 1.43. The second kappa shape index (κ2) is 11.4. The molecular weight excluding hydrogens is 464 g/mol. The number of carbonyl (C=O) groups excluding carboxylic acids is 2. The summed E-state index contributed by atoms with van der Waals surface area (Å²) in [6, 6.07) is 11.7. The van der Waals surface area contributed by atoms with Gasteiger partial charge >= 0.3 is 5.97 Å². The molecule has 0 aliphatic carbocycles. The van der Waals surface area contributed by atoms with Crippen molar-refractivity contribution in [1.29, 1.82) is 0 Å². The van der Waals surface area contributed by atoms with Crippen molar-refractivity contribution in [3.05, 3.63) is 53.7 Å². The molecule has 35 heavy (non-hydrogen) atoms. The monoisotopic (exact) mass is 494 g/mol. The van der Waals surface area contributed by atoms with Crippen LogP contribution in [0.3, 0.4) is 0 Å². The molecule has 0 unspecified atom stereocenters. The third kappa shape index (κ3) is 5.82. The van der Waals surface area contributed by atoms with E-state index in [1.807, 2.05) is 23.1 Å². The number of piperazine rings is 1. The summed E-state index contributed by atoms with van der Waals surface area (Å²) in [7, 11) is 0. The van der Waals surface area contributed by atoms with E-state index in [0.717, 1.165) is 28.9 Å². The van der Waals surface area contributed by atoms with Crippen LogP contribution in [0.15, 0.2) is 47.8 Å². The maximum Gasteiger partial charge on any atom is 0.339 e. The van der Waals surface area contributed by atoms with Gasteiger partial charge in [0.05, 0.1) is 17.9 Å². The third-order valence-electron chi connectivity index (χ3n) is 5.85. The van der Waals surface area contributed by atoms with Gasteiger partial charge in [-0.25, -0.2) is 9.78 Å². The zero-order chi connectivity index (χ0) is 24.8. The Balaban J connectivity index is 1.31. The fraction of sp³-hybridized carbons (Fsp3) is 0.400. The Hall–Kier alpha value is -3.40. The average molecular weight is 495 g/mol. The van der Waals surface area contributed by atoms with Crippen molar-refractivity contribution >= 4 is 29.5 Å². The molecule has 0 bridgehead atoms. The summed E-state index contributed by atoms with van der Waals surface area (Å²) in [5, 5.41) is 9.48. The van der Waals surface area contributed by atoms with E-state index in [9.17, 15) is 9.59 Å². The Kier molecular flexibility index (Phi) is 8.02. The molecule has 1 saturated heterocycles. The van der Waals surface area contributed by atoms with Crippen LogP contribution in [-0.2, 0) is 16.1 Å². The number of hydrogen-bond donors (Lipinski definition) is 0. The molecule has 4 rings (SSSR count). The van der Waals surface area contributed by atoms with Gasteiger partial charge in [-0.1, -0.05) is 35.5 Å². The lowest BCUT2D eigenvalue weighted by molar-refractivity contribution is -0.128. The van der Waals surface area contributed by atoms with Crippen LogP contribution in [0.2, 0.25) is 0 Å². The molecular formula is C25H30N6O3S. The Labute approximate surface area is 209 Å². The highest BCUT2D eigenvalue weighted by Crippen LogP contribution is 2.25. The molecule has 1 amide bonds. The highest BCUT2D eigenvalue weighted by molar-refractivity contribution is 7.99. The minimum atomic E-state index is -0.371. The van der Waals surface area contributed by atoms with E-state index >= 15 is 0 Å². The Morgan fingerprint density at radius 1 is 1.06 bits per heavy atom. The topological polar surface area (TPSA) is 93.5 Å². The lowest BCUT2D eigenvalue weighted by atomic mass is 10.1. The van der Waals surface area contributed by atoms with Gasteiger partial charge in [0.25, 0.3) is 0 Å². The van der Waals surface area contributed by atoms with E-state index in [2.05, 4.69) is 50.6 Å². The molecule has 1 fully saturated rings. The number of aromatic nitrogens is 4. The molecule has 9 nitrogen and oxygen atoms in total. The molecule has 1 aromatic carbocycles. The van der Waals surface area contributed by atoms with Crippen molar-refractivity contribution in [3.8, 4) is 11.4 Å². The van der Waals surface area contributed by atoms with E-state index in [4.69, 9.17) is 4.74 Å². The summed E-state index contributed by atoms with van der Waals surface area (Å²) < 4.78 is 7.05. The van der Waals surface area contributed by atoms with E-state index in [0.29, 0.717) is 44.1 Å². The Bertz CT molecular complexity index is 1170. The number of aryl methyl sites for hydroxylation is 1. The predicted molar refractivity (Wildman–Crippen MR) is 136 cm³/mol. The summed E-state index contributed by atoms with van der Waals surface area (Å²) in [6.45, 7) is 9.56. The lowest BCUT2D eigenvalue weighted by Gasteiger charge is -2.35.